The highest BCUT2D eigenvalue weighted by atomic mass is 14.6. The molecule has 1 aromatic carbocycles. The van der Waals surface area contributed by atoms with Crippen molar-refractivity contribution in [2.45, 2.75) is 37.6 Å². The maximum atomic E-state index is 6.11. The van der Waals surface area contributed by atoms with Crippen LogP contribution in [0.4, 0.5) is 0 Å². The van der Waals surface area contributed by atoms with E-state index in [2.05, 4.69) is 18.2 Å². The van der Waals surface area contributed by atoms with Crippen LogP contribution in [-0.4, -0.2) is 0 Å². The van der Waals surface area contributed by atoms with Gasteiger partial charge < -0.3 is 5.73 Å². The summed E-state index contributed by atoms with van der Waals surface area (Å²) in [5.41, 5.74) is 10.7. The van der Waals surface area contributed by atoms with Gasteiger partial charge in [-0.2, -0.15) is 0 Å². The van der Waals surface area contributed by atoms with Crippen LogP contribution >= 0.6 is 0 Å². The van der Waals surface area contributed by atoms with Crippen molar-refractivity contribution in [1.29, 1.82) is 0 Å². The molecular formula is C12H15N. The first-order valence-corrected chi connectivity index (χ1v) is 5.23. The van der Waals surface area contributed by atoms with Crippen LogP contribution in [0, 0.1) is 0 Å². The van der Waals surface area contributed by atoms with Crippen molar-refractivity contribution >= 4 is 0 Å². The molecule has 68 valence electrons. The molecule has 0 radical (unpaired) electrons. The first kappa shape index (κ1) is 7.57. The highest BCUT2D eigenvalue weighted by Gasteiger charge is 2.30. The average molecular weight is 173 g/mol. The smallest absolute Gasteiger partial charge is 0.0298 e. The molecule has 0 aromatic heterocycles. The van der Waals surface area contributed by atoms with E-state index in [1.54, 1.807) is 11.1 Å². The van der Waals surface area contributed by atoms with Gasteiger partial charge in [0.25, 0.3) is 0 Å². The summed E-state index contributed by atoms with van der Waals surface area (Å²) in [5.74, 6) is 0.839. The number of rotatable bonds is 0. The monoisotopic (exact) mass is 173 g/mol. The first-order chi connectivity index (χ1) is 6.36. The van der Waals surface area contributed by atoms with Crippen molar-refractivity contribution in [3.05, 3.63) is 34.9 Å². The van der Waals surface area contributed by atoms with E-state index in [-0.39, 0.29) is 0 Å². The first-order valence-electron chi connectivity index (χ1n) is 5.23. The van der Waals surface area contributed by atoms with E-state index in [1.807, 2.05) is 0 Å². The fourth-order valence-corrected chi connectivity index (χ4v) is 2.97. The number of benzene rings is 1. The average Bonchev–Trinajstić information content (AvgIpc) is 2.57. The number of aryl methyl sites for hydroxylation is 1. The Morgan fingerprint density at radius 3 is 3.00 bits per heavy atom. The zero-order chi connectivity index (χ0) is 8.84. The molecule has 2 aliphatic carbocycles. The zero-order valence-electron chi connectivity index (χ0n) is 7.79. The normalized spacial score (nSPS) is 30.2. The van der Waals surface area contributed by atoms with Gasteiger partial charge in [0, 0.05) is 6.04 Å². The van der Waals surface area contributed by atoms with E-state index < -0.39 is 0 Å². The lowest BCUT2D eigenvalue weighted by molar-refractivity contribution is 0.494. The molecule has 0 saturated carbocycles. The van der Waals surface area contributed by atoms with Gasteiger partial charge in [-0.05, 0) is 48.3 Å². The second-order valence-corrected chi connectivity index (χ2v) is 4.34. The summed E-state index contributed by atoms with van der Waals surface area (Å²) in [6.07, 6.45) is 5.13. The third-order valence-electron chi connectivity index (χ3n) is 3.63. The van der Waals surface area contributed by atoms with Gasteiger partial charge in [0.05, 0.1) is 0 Å². The summed E-state index contributed by atoms with van der Waals surface area (Å²) >= 11 is 0. The fourth-order valence-electron chi connectivity index (χ4n) is 2.97. The molecule has 1 nitrogen and oxygen atoms in total. The summed E-state index contributed by atoms with van der Waals surface area (Å²) in [7, 11) is 0. The van der Waals surface area contributed by atoms with Crippen LogP contribution in [-0.2, 0) is 6.42 Å². The lowest BCUT2D eigenvalue weighted by Crippen LogP contribution is -2.19. The van der Waals surface area contributed by atoms with Crippen molar-refractivity contribution in [3.63, 3.8) is 0 Å². The highest BCUT2D eigenvalue weighted by Crippen LogP contribution is 2.45. The number of hydrogen-bond acceptors (Lipinski definition) is 1. The Kier molecular flexibility index (Phi) is 1.50. The van der Waals surface area contributed by atoms with Crippen molar-refractivity contribution in [3.8, 4) is 0 Å². The van der Waals surface area contributed by atoms with Gasteiger partial charge >= 0.3 is 0 Å². The molecule has 2 unspecified atom stereocenters. The Hall–Kier alpha value is -0.820. The molecule has 0 fully saturated rings. The molecule has 2 atom stereocenters. The maximum absolute atomic E-state index is 6.11. The minimum atomic E-state index is 0.310. The van der Waals surface area contributed by atoms with E-state index in [0.717, 1.165) is 5.92 Å². The lowest BCUT2D eigenvalue weighted by atomic mass is 9.81. The topological polar surface area (TPSA) is 26.0 Å². The second kappa shape index (κ2) is 2.58. The zero-order valence-corrected chi connectivity index (χ0v) is 7.79. The fraction of sp³-hybridized carbons (Fsp3) is 0.500. The summed E-state index contributed by atoms with van der Waals surface area (Å²) in [5, 5.41) is 0. The van der Waals surface area contributed by atoms with E-state index >= 15 is 0 Å². The minimum Gasteiger partial charge on any atom is -0.324 e. The van der Waals surface area contributed by atoms with E-state index in [0.29, 0.717) is 6.04 Å². The molecular weight excluding hydrogens is 158 g/mol. The van der Waals surface area contributed by atoms with E-state index in [4.69, 9.17) is 5.73 Å². The molecule has 2 N–H and O–H groups in total. The maximum Gasteiger partial charge on any atom is 0.0298 e. The number of hydrogen-bond donors (Lipinski definition) is 1. The van der Waals surface area contributed by atoms with Gasteiger partial charge in [0.15, 0.2) is 0 Å². The predicted octanol–water partition coefficient (Wildman–Crippen LogP) is 2.51. The van der Waals surface area contributed by atoms with E-state index in [9.17, 15) is 0 Å². The van der Waals surface area contributed by atoms with Crippen molar-refractivity contribution < 1.29 is 0 Å². The van der Waals surface area contributed by atoms with Crippen molar-refractivity contribution in [2.75, 3.05) is 0 Å². The van der Waals surface area contributed by atoms with Gasteiger partial charge in [-0.3, -0.25) is 0 Å². The standard InChI is InChI=1S/C12H15N/c13-11-7-6-9-5-4-8-2-1-3-10(11)12(8)9/h1-3,9,11H,4-7,13H2. The van der Waals surface area contributed by atoms with E-state index in [1.165, 1.54) is 31.2 Å². The van der Waals surface area contributed by atoms with Crippen LogP contribution < -0.4 is 5.73 Å². The van der Waals surface area contributed by atoms with Crippen LogP contribution in [0.2, 0.25) is 0 Å². The van der Waals surface area contributed by atoms with Crippen LogP contribution in [0.15, 0.2) is 18.2 Å². The number of nitrogens with two attached hydrogens (primary N) is 1. The quantitative estimate of drug-likeness (QED) is 0.641. The Morgan fingerprint density at radius 1 is 1.15 bits per heavy atom. The SMILES string of the molecule is NC1CCC2CCc3cccc1c32. The molecule has 2 aliphatic rings. The molecule has 0 aliphatic heterocycles. The summed E-state index contributed by atoms with van der Waals surface area (Å²) in [6, 6.07) is 6.98. The Labute approximate surface area is 78.9 Å². The Morgan fingerprint density at radius 2 is 2.08 bits per heavy atom. The lowest BCUT2D eigenvalue weighted by Gasteiger charge is -2.26. The Balaban J connectivity index is 2.22. The van der Waals surface area contributed by atoms with Crippen molar-refractivity contribution in [1.82, 2.24) is 0 Å². The molecule has 3 rings (SSSR count). The Bertz CT molecular complexity index is 343. The summed E-state index contributed by atoms with van der Waals surface area (Å²) in [4.78, 5) is 0. The summed E-state index contributed by atoms with van der Waals surface area (Å²) in [6.45, 7) is 0. The minimum absolute atomic E-state index is 0.310. The van der Waals surface area contributed by atoms with Crippen molar-refractivity contribution in [2.24, 2.45) is 5.73 Å². The molecule has 1 heteroatoms. The van der Waals surface area contributed by atoms with Crippen LogP contribution in [0.25, 0.3) is 0 Å². The molecule has 0 amide bonds. The predicted molar refractivity (Wildman–Crippen MR) is 53.7 cm³/mol. The molecule has 0 heterocycles. The molecule has 0 saturated heterocycles. The van der Waals surface area contributed by atoms with Gasteiger partial charge in [0.2, 0.25) is 0 Å². The molecule has 0 bridgehead atoms. The van der Waals surface area contributed by atoms with Gasteiger partial charge in [-0.15, -0.1) is 0 Å². The molecule has 1 aromatic rings. The van der Waals surface area contributed by atoms with Gasteiger partial charge in [0.1, 0.15) is 0 Å². The van der Waals surface area contributed by atoms with Gasteiger partial charge in [-0.25, -0.2) is 0 Å². The molecule has 13 heavy (non-hydrogen) atoms. The third-order valence-corrected chi connectivity index (χ3v) is 3.63. The summed E-state index contributed by atoms with van der Waals surface area (Å²) < 4.78 is 0. The third kappa shape index (κ3) is 0.969. The highest BCUT2D eigenvalue weighted by molar-refractivity contribution is 5.44. The van der Waals surface area contributed by atoms with Crippen LogP contribution in [0.1, 0.15) is 47.9 Å². The largest absolute Gasteiger partial charge is 0.324 e. The van der Waals surface area contributed by atoms with Crippen LogP contribution in [0.5, 0.6) is 0 Å². The second-order valence-electron chi connectivity index (χ2n) is 4.34. The van der Waals surface area contributed by atoms with Crippen LogP contribution in [0.3, 0.4) is 0 Å². The van der Waals surface area contributed by atoms with Gasteiger partial charge in [-0.1, -0.05) is 18.2 Å². The molecule has 0 spiro atoms.